The van der Waals surface area contributed by atoms with Crippen LogP contribution in [0.2, 0.25) is 0 Å². The van der Waals surface area contributed by atoms with Crippen molar-refractivity contribution >= 4 is 11.6 Å². The number of methoxy groups -OCH3 is 1. The predicted octanol–water partition coefficient (Wildman–Crippen LogP) is 2.90. The summed E-state index contributed by atoms with van der Waals surface area (Å²) >= 11 is 6.16. The number of rotatable bonds is 4. The maximum Gasteiger partial charge on any atom is 0.213 e. The topological polar surface area (TPSA) is 22.1 Å². The van der Waals surface area contributed by atoms with Gasteiger partial charge in [0.2, 0.25) is 5.88 Å². The molecule has 1 heterocycles. The first-order valence-electron chi connectivity index (χ1n) is 4.77. The van der Waals surface area contributed by atoms with Gasteiger partial charge in [-0.1, -0.05) is 19.9 Å². The standard InChI is InChI=1S/C11H16ClNO/c1-8(2)10(12)7-9-5-4-6-11(13-9)14-3/h4-6,8,10H,7H2,1-3H3. The van der Waals surface area contributed by atoms with Gasteiger partial charge in [0, 0.05) is 23.6 Å². The van der Waals surface area contributed by atoms with Crippen LogP contribution >= 0.6 is 11.6 Å². The van der Waals surface area contributed by atoms with Crippen LogP contribution in [0.25, 0.3) is 0 Å². The molecule has 0 aliphatic carbocycles. The second kappa shape index (κ2) is 5.20. The Morgan fingerprint density at radius 1 is 1.43 bits per heavy atom. The molecule has 1 aromatic rings. The molecule has 1 rings (SSSR count). The number of hydrogen-bond donors (Lipinski definition) is 0. The zero-order valence-corrected chi connectivity index (χ0v) is 9.58. The molecule has 0 fully saturated rings. The van der Waals surface area contributed by atoms with Gasteiger partial charge in [-0.2, -0.15) is 0 Å². The van der Waals surface area contributed by atoms with Gasteiger partial charge in [0.05, 0.1) is 7.11 Å². The fraction of sp³-hybridized carbons (Fsp3) is 0.545. The average molecular weight is 214 g/mol. The van der Waals surface area contributed by atoms with E-state index in [1.54, 1.807) is 7.11 Å². The Balaban J connectivity index is 2.66. The van der Waals surface area contributed by atoms with Crippen LogP contribution in [0.3, 0.4) is 0 Å². The zero-order valence-electron chi connectivity index (χ0n) is 8.83. The molecule has 0 aromatic carbocycles. The van der Waals surface area contributed by atoms with Crippen molar-refractivity contribution in [3.8, 4) is 5.88 Å². The van der Waals surface area contributed by atoms with Crippen molar-refractivity contribution in [3.63, 3.8) is 0 Å². The van der Waals surface area contributed by atoms with Crippen molar-refractivity contribution in [2.24, 2.45) is 5.92 Å². The zero-order chi connectivity index (χ0) is 10.6. The quantitative estimate of drug-likeness (QED) is 0.718. The van der Waals surface area contributed by atoms with E-state index in [9.17, 15) is 0 Å². The molecule has 0 saturated heterocycles. The van der Waals surface area contributed by atoms with Crippen LogP contribution in [0.5, 0.6) is 5.88 Å². The Kier molecular flexibility index (Phi) is 4.21. The van der Waals surface area contributed by atoms with Crippen molar-refractivity contribution in [3.05, 3.63) is 23.9 Å². The SMILES string of the molecule is COc1cccc(CC(Cl)C(C)C)n1. The molecule has 0 aliphatic heterocycles. The summed E-state index contributed by atoms with van der Waals surface area (Å²) < 4.78 is 5.04. The Hall–Kier alpha value is -0.760. The minimum absolute atomic E-state index is 0.134. The molecule has 3 heteroatoms. The van der Waals surface area contributed by atoms with Crippen molar-refractivity contribution in [2.75, 3.05) is 7.11 Å². The minimum atomic E-state index is 0.134. The lowest BCUT2D eigenvalue weighted by atomic mass is 10.1. The van der Waals surface area contributed by atoms with Gasteiger partial charge in [-0.15, -0.1) is 11.6 Å². The summed E-state index contributed by atoms with van der Waals surface area (Å²) in [6.45, 7) is 4.22. The highest BCUT2D eigenvalue weighted by atomic mass is 35.5. The Morgan fingerprint density at radius 3 is 2.71 bits per heavy atom. The van der Waals surface area contributed by atoms with Crippen LogP contribution in [-0.2, 0) is 6.42 Å². The molecule has 1 aromatic heterocycles. The molecule has 0 saturated carbocycles. The maximum atomic E-state index is 6.16. The van der Waals surface area contributed by atoms with Gasteiger partial charge in [0.1, 0.15) is 0 Å². The number of halogens is 1. The van der Waals surface area contributed by atoms with Crippen molar-refractivity contribution in [2.45, 2.75) is 25.6 Å². The molecular formula is C11H16ClNO. The predicted molar refractivity (Wildman–Crippen MR) is 59.0 cm³/mol. The van der Waals surface area contributed by atoms with Crippen LogP contribution in [0, 0.1) is 5.92 Å². The second-order valence-corrected chi connectivity index (χ2v) is 4.20. The smallest absolute Gasteiger partial charge is 0.213 e. The molecule has 0 amide bonds. The Labute approximate surface area is 90.3 Å². The van der Waals surface area contributed by atoms with Gasteiger partial charge >= 0.3 is 0 Å². The molecule has 0 radical (unpaired) electrons. The number of hydrogen-bond acceptors (Lipinski definition) is 2. The molecule has 78 valence electrons. The molecule has 0 bridgehead atoms. The first-order chi connectivity index (χ1) is 6.63. The van der Waals surface area contributed by atoms with E-state index in [1.165, 1.54) is 0 Å². The number of alkyl halides is 1. The summed E-state index contributed by atoms with van der Waals surface area (Å²) in [5.74, 6) is 1.11. The van der Waals surface area contributed by atoms with Crippen LogP contribution in [0.15, 0.2) is 18.2 Å². The van der Waals surface area contributed by atoms with Gasteiger partial charge in [-0.25, -0.2) is 4.98 Å². The summed E-state index contributed by atoms with van der Waals surface area (Å²) in [7, 11) is 1.62. The second-order valence-electron chi connectivity index (χ2n) is 3.64. The van der Waals surface area contributed by atoms with E-state index in [-0.39, 0.29) is 5.38 Å². The van der Waals surface area contributed by atoms with E-state index < -0.39 is 0 Å². The van der Waals surface area contributed by atoms with Gasteiger partial charge in [-0.05, 0) is 12.0 Å². The molecule has 14 heavy (non-hydrogen) atoms. The average Bonchev–Trinajstić information content (AvgIpc) is 2.18. The fourth-order valence-corrected chi connectivity index (χ4v) is 1.28. The molecule has 0 spiro atoms. The van der Waals surface area contributed by atoms with E-state index in [4.69, 9.17) is 16.3 Å². The highest BCUT2D eigenvalue weighted by molar-refractivity contribution is 6.20. The summed E-state index contributed by atoms with van der Waals surface area (Å²) in [5, 5.41) is 0.134. The van der Waals surface area contributed by atoms with Crippen molar-refractivity contribution in [1.29, 1.82) is 0 Å². The fourth-order valence-electron chi connectivity index (χ4n) is 1.12. The molecule has 1 unspecified atom stereocenters. The highest BCUT2D eigenvalue weighted by Crippen LogP contribution is 2.16. The number of pyridine rings is 1. The van der Waals surface area contributed by atoms with E-state index in [0.717, 1.165) is 12.1 Å². The largest absolute Gasteiger partial charge is 0.481 e. The van der Waals surface area contributed by atoms with E-state index >= 15 is 0 Å². The Bertz CT molecular complexity index is 288. The minimum Gasteiger partial charge on any atom is -0.481 e. The summed E-state index contributed by atoms with van der Waals surface area (Å²) in [6, 6.07) is 5.74. The summed E-state index contributed by atoms with van der Waals surface area (Å²) in [6.07, 6.45) is 0.788. The van der Waals surface area contributed by atoms with Crippen molar-refractivity contribution < 1.29 is 4.74 Å². The maximum absolute atomic E-state index is 6.16. The lowest BCUT2D eigenvalue weighted by molar-refractivity contribution is 0.395. The van der Waals surface area contributed by atoms with Gasteiger partial charge in [0.15, 0.2) is 0 Å². The normalized spacial score (nSPS) is 12.9. The van der Waals surface area contributed by atoms with Crippen LogP contribution in [0.4, 0.5) is 0 Å². The lowest BCUT2D eigenvalue weighted by Crippen LogP contribution is -2.12. The number of nitrogens with zero attached hydrogens (tertiary/aromatic N) is 1. The van der Waals surface area contributed by atoms with Gasteiger partial charge in [0.25, 0.3) is 0 Å². The van der Waals surface area contributed by atoms with Gasteiger partial charge in [-0.3, -0.25) is 0 Å². The first-order valence-corrected chi connectivity index (χ1v) is 5.21. The molecule has 0 N–H and O–H groups in total. The van der Waals surface area contributed by atoms with E-state index in [2.05, 4.69) is 18.8 Å². The Morgan fingerprint density at radius 2 is 2.14 bits per heavy atom. The number of ether oxygens (including phenoxy) is 1. The summed E-state index contributed by atoms with van der Waals surface area (Å²) in [5.41, 5.74) is 0.984. The van der Waals surface area contributed by atoms with Crippen LogP contribution in [0.1, 0.15) is 19.5 Å². The third-order valence-corrected chi connectivity index (χ3v) is 2.78. The van der Waals surface area contributed by atoms with Crippen LogP contribution in [-0.4, -0.2) is 17.5 Å². The van der Waals surface area contributed by atoms with E-state index in [1.807, 2.05) is 18.2 Å². The molecule has 0 aliphatic rings. The molecular weight excluding hydrogens is 198 g/mol. The lowest BCUT2D eigenvalue weighted by Gasteiger charge is -2.12. The van der Waals surface area contributed by atoms with Crippen LogP contribution < -0.4 is 4.74 Å². The van der Waals surface area contributed by atoms with Crippen molar-refractivity contribution in [1.82, 2.24) is 4.98 Å². The molecule has 1 atom stereocenters. The molecule has 2 nitrogen and oxygen atoms in total. The third kappa shape index (κ3) is 3.18. The van der Waals surface area contributed by atoms with E-state index in [0.29, 0.717) is 11.8 Å². The monoisotopic (exact) mass is 213 g/mol. The summed E-state index contributed by atoms with van der Waals surface area (Å²) in [4.78, 5) is 4.31. The number of aromatic nitrogens is 1. The third-order valence-electron chi connectivity index (χ3n) is 2.12. The highest BCUT2D eigenvalue weighted by Gasteiger charge is 2.11. The first kappa shape index (κ1) is 11.3. The van der Waals surface area contributed by atoms with Gasteiger partial charge < -0.3 is 4.74 Å².